The normalized spacial score (nSPS) is 15.9. The van der Waals surface area contributed by atoms with Gasteiger partial charge in [0.05, 0.1) is 19.0 Å². The third-order valence-corrected chi connectivity index (χ3v) is 2.98. The lowest BCUT2D eigenvalue weighted by Gasteiger charge is -2.06. The number of hydrogen-bond donors (Lipinski definition) is 0. The van der Waals surface area contributed by atoms with Crippen molar-refractivity contribution in [3.63, 3.8) is 0 Å². The van der Waals surface area contributed by atoms with E-state index >= 15 is 0 Å². The fourth-order valence-corrected chi connectivity index (χ4v) is 2.07. The highest BCUT2D eigenvalue weighted by Gasteiger charge is 2.29. The molecule has 2 aromatic rings. The van der Waals surface area contributed by atoms with Crippen LogP contribution in [-0.4, -0.2) is 21.7 Å². The molecule has 0 aromatic carbocycles. The van der Waals surface area contributed by atoms with Crippen molar-refractivity contribution in [3.05, 3.63) is 22.6 Å². The largest absolute Gasteiger partial charge is 0.493 e. The van der Waals surface area contributed by atoms with Gasteiger partial charge in [0.25, 0.3) is 0 Å². The first kappa shape index (κ1) is 9.15. The zero-order valence-electron chi connectivity index (χ0n) is 8.27. The molecule has 15 heavy (non-hydrogen) atoms. The monoisotopic (exact) mass is 267 g/mol. The van der Waals surface area contributed by atoms with Gasteiger partial charge < -0.3 is 4.74 Å². The second-order valence-electron chi connectivity index (χ2n) is 3.74. The lowest BCUT2D eigenvalue weighted by molar-refractivity contribution is 0.403. The second-order valence-corrected chi connectivity index (χ2v) is 4.55. The summed E-state index contributed by atoms with van der Waals surface area (Å²) < 4.78 is 7.85. The Hall–Kier alpha value is -1.10. The van der Waals surface area contributed by atoms with E-state index in [1.807, 2.05) is 12.3 Å². The molecule has 1 saturated carbocycles. The smallest absolute Gasteiger partial charge is 0.159 e. The van der Waals surface area contributed by atoms with E-state index in [2.05, 4.69) is 26.0 Å². The van der Waals surface area contributed by atoms with Crippen LogP contribution in [0.4, 0.5) is 0 Å². The summed E-state index contributed by atoms with van der Waals surface area (Å²) in [6.45, 7) is 0. The molecule has 1 aliphatic rings. The van der Waals surface area contributed by atoms with Gasteiger partial charge >= 0.3 is 0 Å². The average Bonchev–Trinajstić information content (AvgIpc) is 2.98. The Balaban J connectivity index is 2.23. The quantitative estimate of drug-likeness (QED) is 0.839. The lowest BCUT2D eigenvalue weighted by atomic mass is 10.2. The van der Waals surface area contributed by atoms with Crippen molar-refractivity contribution in [2.24, 2.45) is 0 Å². The summed E-state index contributed by atoms with van der Waals surface area (Å²) in [6, 6.07) is 1.91. The maximum absolute atomic E-state index is 5.33. The zero-order valence-corrected chi connectivity index (χ0v) is 9.86. The molecule has 2 aromatic heterocycles. The number of methoxy groups -OCH3 is 1. The lowest BCUT2D eigenvalue weighted by Crippen LogP contribution is -1.99. The summed E-state index contributed by atoms with van der Waals surface area (Å²) in [5, 5.41) is 4.23. The van der Waals surface area contributed by atoms with E-state index < -0.39 is 0 Å². The number of ether oxygens (including phenoxy) is 1. The summed E-state index contributed by atoms with van der Waals surface area (Å²) in [6.07, 6.45) is 4.32. The molecule has 0 aliphatic heterocycles. The fourth-order valence-electron chi connectivity index (χ4n) is 1.70. The molecule has 4 nitrogen and oxygen atoms in total. The molecule has 0 atom stereocenters. The minimum absolute atomic E-state index is 0.582. The topological polar surface area (TPSA) is 39.4 Å². The van der Waals surface area contributed by atoms with Crippen molar-refractivity contribution in [1.29, 1.82) is 0 Å². The van der Waals surface area contributed by atoms with Gasteiger partial charge in [-0.15, -0.1) is 0 Å². The van der Waals surface area contributed by atoms with Gasteiger partial charge in [-0.05, 0) is 28.8 Å². The van der Waals surface area contributed by atoms with Gasteiger partial charge in [-0.3, -0.25) is 0 Å². The first-order valence-corrected chi connectivity index (χ1v) is 5.67. The molecule has 0 unspecified atom stereocenters. The molecule has 0 N–H and O–H groups in total. The minimum Gasteiger partial charge on any atom is -0.493 e. The summed E-state index contributed by atoms with van der Waals surface area (Å²) >= 11 is 3.34. The van der Waals surface area contributed by atoms with Crippen LogP contribution >= 0.6 is 15.9 Å². The Kier molecular flexibility index (Phi) is 1.95. The maximum atomic E-state index is 5.33. The summed E-state index contributed by atoms with van der Waals surface area (Å²) in [5.41, 5.74) is 1.93. The fraction of sp³-hybridized carbons (Fsp3) is 0.400. The molecule has 0 saturated heterocycles. The molecule has 78 valence electrons. The van der Waals surface area contributed by atoms with Crippen LogP contribution in [0.3, 0.4) is 0 Å². The molecule has 0 bridgehead atoms. The Morgan fingerprint density at radius 2 is 2.33 bits per heavy atom. The van der Waals surface area contributed by atoms with E-state index in [1.54, 1.807) is 11.6 Å². The average molecular weight is 268 g/mol. The van der Waals surface area contributed by atoms with E-state index in [0.29, 0.717) is 5.92 Å². The molecule has 0 radical (unpaired) electrons. The van der Waals surface area contributed by atoms with E-state index in [1.165, 1.54) is 12.8 Å². The van der Waals surface area contributed by atoms with Gasteiger partial charge in [0.15, 0.2) is 11.4 Å². The SMILES string of the molecule is COc1cn2nc(Br)cc2nc1C1CC1. The predicted molar refractivity (Wildman–Crippen MR) is 59.2 cm³/mol. The maximum Gasteiger partial charge on any atom is 0.159 e. The third kappa shape index (κ3) is 1.51. The van der Waals surface area contributed by atoms with Crippen LogP contribution in [0, 0.1) is 0 Å². The van der Waals surface area contributed by atoms with Crippen molar-refractivity contribution in [1.82, 2.24) is 14.6 Å². The number of hydrogen-bond acceptors (Lipinski definition) is 3. The van der Waals surface area contributed by atoms with Crippen molar-refractivity contribution in [2.75, 3.05) is 7.11 Å². The van der Waals surface area contributed by atoms with Crippen molar-refractivity contribution in [2.45, 2.75) is 18.8 Å². The molecule has 1 aliphatic carbocycles. The molecular formula is C10H10BrN3O. The number of halogens is 1. The van der Waals surface area contributed by atoms with Gasteiger partial charge in [-0.1, -0.05) is 0 Å². The van der Waals surface area contributed by atoms with E-state index in [-0.39, 0.29) is 0 Å². The van der Waals surface area contributed by atoms with Gasteiger partial charge in [-0.25, -0.2) is 9.50 Å². The summed E-state index contributed by atoms with van der Waals surface area (Å²) in [5.74, 6) is 1.42. The number of fused-ring (bicyclic) bond motifs is 1. The molecule has 3 rings (SSSR count). The van der Waals surface area contributed by atoms with Crippen molar-refractivity contribution in [3.8, 4) is 5.75 Å². The molecule has 1 fully saturated rings. The minimum atomic E-state index is 0.582. The number of aromatic nitrogens is 3. The molecular weight excluding hydrogens is 258 g/mol. The van der Waals surface area contributed by atoms with Gasteiger partial charge in [0.1, 0.15) is 4.60 Å². The Morgan fingerprint density at radius 1 is 1.53 bits per heavy atom. The highest BCUT2D eigenvalue weighted by molar-refractivity contribution is 9.10. The standard InChI is InChI=1S/C10H10BrN3O/c1-15-7-5-14-9(4-8(11)13-14)12-10(7)6-2-3-6/h4-6H,2-3H2,1H3. The molecule has 0 amide bonds. The first-order valence-electron chi connectivity index (χ1n) is 4.88. The van der Waals surface area contributed by atoms with Gasteiger partial charge in [0, 0.05) is 12.0 Å². The van der Waals surface area contributed by atoms with E-state index in [0.717, 1.165) is 21.7 Å². The second kappa shape index (κ2) is 3.20. The van der Waals surface area contributed by atoms with Crippen LogP contribution < -0.4 is 4.74 Å². The van der Waals surface area contributed by atoms with Crippen LogP contribution in [0.1, 0.15) is 24.5 Å². The highest BCUT2D eigenvalue weighted by Crippen LogP contribution is 2.43. The molecule has 5 heteroatoms. The third-order valence-electron chi connectivity index (χ3n) is 2.60. The zero-order chi connectivity index (χ0) is 10.4. The highest BCUT2D eigenvalue weighted by atomic mass is 79.9. The number of nitrogens with zero attached hydrogens (tertiary/aromatic N) is 3. The van der Waals surface area contributed by atoms with Crippen molar-refractivity contribution >= 4 is 21.6 Å². The van der Waals surface area contributed by atoms with Crippen LogP contribution in [0.2, 0.25) is 0 Å². The Morgan fingerprint density at radius 3 is 3.00 bits per heavy atom. The van der Waals surface area contributed by atoms with Crippen LogP contribution in [0.15, 0.2) is 16.9 Å². The van der Waals surface area contributed by atoms with Crippen LogP contribution in [0.25, 0.3) is 5.65 Å². The summed E-state index contributed by atoms with van der Waals surface area (Å²) in [7, 11) is 1.67. The van der Waals surface area contributed by atoms with Crippen LogP contribution in [0.5, 0.6) is 5.75 Å². The van der Waals surface area contributed by atoms with Crippen molar-refractivity contribution < 1.29 is 4.74 Å². The predicted octanol–water partition coefficient (Wildman–Crippen LogP) is 2.38. The van der Waals surface area contributed by atoms with Gasteiger partial charge in [0.2, 0.25) is 0 Å². The molecule has 2 heterocycles. The molecule has 0 spiro atoms. The van der Waals surface area contributed by atoms with E-state index in [4.69, 9.17) is 4.74 Å². The number of rotatable bonds is 2. The van der Waals surface area contributed by atoms with E-state index in [9.17, 15) is 0 Å². The Labute approximate surface area is 95.4 Å². The Bertz CT molecular complexity index is 519. The first-order chi connectivity index (χ1) is 7.28. The van der Waals surface area contributed by atoms with Crippen LogP contribution in [-0.2, 0) is 0 Å². The van der Waals surface area contributed by atoms with Gasteiger partial charge in [-0.2, -0.15) is 5.10 Å². The summed E-state index contributed by atoms with van der Waals surface area (Å²) in [4.78, 5) is 4.57.